The Morgan fingerprint density at radius 3 is 2.50 bits per heavy atom. The van der Waals surface area contributed by atoms with Gasteiger partial charge in [-0.15, -0.1) is 0 Å². The van der Waals surface area contributed by atoms with Crippen molar-refractivity contribution in [1.29, 1.82) is 0 Å². The predicted octanol–water partition coefficient (Wildman–Crippen LogP) is 3.52. The van der Waals surface area contributed by atoms with Crippen molar-refractivity contribution in [2.45, 2.75) is 31.6 Å². The Bertz CT molecular complexity index is 1090. The van der Waals surface area contributed by atoms with Gasteiger partial charge < -0.3 is 4.90 Å². The van der Waals surface area contributed by atoms with Gasteiger partial charge in [-0.3, -0.25) is 14.0 Å². The third kappa shape index (κ3) is 3.49. The highest BCUT2D eigenvalue weighted by Gasteiger charge is 2.35. The molecule has 0 atom stereocenters. The second-order valence-corrected chi connectivity index (χ2v) is 6.76. The second-order valence-electron chi connectivity index (χ2n) is 6.76. The van der Waals surface area contributed by atoms with Crippen LogP contribution in [0.15, 0.2) is 59.7 Å². The van der Waals surface area contributed by atoms with Crippen LogP contribution in [-0.4, -0.2) is 26.2 Å². The third-order valence-electron chi connectivity index (χ3n) is 4.73. The van der Waals surface area contributed by atoms with E-state index in [9.17, 15) is 22.8 Å². The Morgan fingerprint density at radius 2 is 1.86 bits per heavy atom. The fraction of sp³-hybridized carbons (Fsp3) is 0.250. The van der Waals surface area contributed by atoms with Gasteiger partial charge in [0, 0.05) is 25.0 Å². The number of hydrogen-bond donors (Lipinski definition) is 0. The van der Waals surface area contributed by atoms with E-state index in [0.29, 0.717) is 11.2 Å². The summed E-state index contributed by atoms with van der Waals surface area (Å²) in [6, 6.07) is 9.76. The van der Waals surface area contributed by atoms with E-state index in [4.69, 9.17) is 0 Å². The smallest absolute Gasteiger partial charge is 0.331 e. The van der Waals surface area contributed by atoms with E-state index < -0.39 is 23.2 Å². The van der Waals surface area contributed by atoms with E-state index in [2.05, 4.69) is 4.98 Å². The second kappa shape index (κ2) is 6.78. The topological polar surface area (TPSA) is 54.7 Å². The number of nitrogens with zero attached hydrogens (tertiary/aromatic N) is 3. The van der Waals surface area contributed by atoms with Gasteiger partial charge in [-0.2, -0.15) is 13.2 Å². The first kappa shape index (κ1) is 18.2. The number of aromatic nitrogens is 2. The number of fused-ring (bicyclic) bond motifs is 1. The van der Waals surface area contributed by atoms with Crippen LogP contribution in [-0.2, 0) is 12.7 Å². The normalized spacial score (nSPS) is 14.2. The van der Waals surface area contributed by atoms with Crippen LogP contribution in [0.25, 0.3) is 5.65 Å². The van der Waals surface area contributed by atoms with E-state index in [1.165, 1.54) is 27.6 Å². The predicted molar refractivity (Wildman–Crippen MR) is 95.8 cm³/mol. The maximum Gasteiger partial charge on any atom is 0.416 e. The molecular formula is C20H16F3N3O2. The van der Waals surface area contributed by atoms with Crippen molar-refractivity contribution in [3.05, 3.63) is 81.9 Å². The molecule has 0 saturated heterocycles. The first-order chi connectivity index (χ1) is 13.3. The quantitative estimate of drug-likeness (QED) is 0.688. The molecule has 2 aromatic heterocycles. The van der Waals surface area contributed by atoms with Crippen LogP contribution in [0.1, 0.15) is 34.3 Å². The maximum atomic E-state index is 13.0. The molecule has 8 heteroatoms. The molecule has 1 aromatic carbocycles. The summed E-state index contributed by atoms with van der Waals surface area (Å²) in [5.74, 6) is -0.460. The number of carbonyl (C=O) groups excluding carboxylic acids is 1. The zero-order chi connectivity index (χ0) is 19.9. The summed E-state index contributed by atoms with van der Waals surface area (Å²) in [7, 11) is 0. The zero-order valence-electron chi connectivity index (χ0n) is 14.7. The lowest BCUT2D eigenvalue weighted by Crippen LogP contribution is -2.37. The maximum absolute atomic E-state index is 13.0. The molecule has 4 rings (SSSR count). The molecular weight excluding hydrogens is 371 g/mol. The molecule has 1 aliphatic rings. The molecule has 2 heterocycles. The first-order valence-corrected chi connectivity index (χ1v) is 8.78. The minimum absolute atomic E-state index is 0.0225. The molecule has 0 aliphatic heterocycles. The lowest BCUT2D eigenvalue weighted by Gasteiger charge is -2.22. The molecule has 0 bridgehead atoms. The molecule has 5 nitrogen and oxygen atoms in total. The molecule has 0 unspecified atom stereocenters. The van der Waals surface area contributed by atoms with Gasteiger partial charge in [-0.05, 0) is 42.7 Å². The monoisotopic (exact) mass is 387 g/mol. The Hall–Kier alpha value is -3.16. The Kier molecular flexibility index (Phi) is 4.41. The van der Waals surface area contributed by atoms with E-state index in [1.807, 2.05) is 0 Å². The number of pyridine rings is 1. The number of rotatable bonds is 4. The summed E-state index contributed by atoms with van der Waals surface area (Å²) < 4.78 is 39.5. The molecule has 0 radical (unpaired) electrons. The molecule has 0 N–H and O–H groups in total. The van der Waals surface area contributed by atoms with Gasteiger partial charge >= 0.3 is 6.18 Å². The van der Waals surface area contributed by atoms with Crippen molar-refractivity contribution in [3.8, 4) is 0 Å². The average Bonchev–Trinajstić information content (AvgIpc) is 3.51. The molecule has 1 fully saturated rings. The van der Waals surface area contributed by atoms with E-state index in [1.54, 1.807) is 24.4 Å². The van der Waals surface area contributed by atoms with Crippen molar-refractivity contribution in [3.63, 3.8) is 0 Å². The summed E-state index contributed by atoms with van der Waals surface area (Å²) >= 11 is 0. The van der Waals surface area contributed by atoms with Gasteiger partial charge in [0.2, 0.25) is 0 Å². The summed E-state index contributed by atoms with van der Waals surface area (Å²) in [6.07, 6.45) is 0.000312. The minimum Gasteiger partial charge on any atom is -0.331 e. The molecule has 1 amide bonds. The van der Waals surface area contributed by atoms with Crippen LogP contribution in [0.5, 0.6) is 0 Å². The van der Waals surface area contributed by atoms with Crippen molar-refractivity contribution < 1.29 is 18.0 Å². The fourth-order valence-corrected chi connectivity index (χ4v) is 3.08. The lowest BCUT2D eigenvalue weighted by atomic mass is 10.1. The summed E-state index contributed by atoms with van der Waals surface area (Å²) in [6.45, 7) is 0.137. The first-order valence-electron chi connectivity index (χ1n) is 8.78. The van der Waals surface area contributed by atoms with Gasteiger partial charge in [-0.25, -0.2) is 4.98 Å². The van der Waals surface area contributed by atoms with Crippen molar-refractivity contribution in [2.75, 3.05) is 0 Å². The van der Waals surface area contributed by atoms with Crippen molar-refractivity contribution >= 4 is 11.6 Å². The van der Waals surface area contributed by atoms with Crippen LogP contribution in [0.3, 0.4) is 0 Å². The SMILES string of the molecule is O=C(c1cnc2ccccn2c1=O)N(Cc1ccc(C(F)(F)F)cc1)C1CC1. The van der Waals surface area contributed by atoms with Crippen LogP contribution < -0.4 is 5.56 Å². The highest BCUT2D eigenvalue weighted by atomic mass is 19.4. The Morgan fingerprint density at radius 1 is 1.14 bits per heavy atom. The van der Waals surface area contributed by atoms with E-state index in [0.717, 1.165) is 25.0 Å². The highest BCUT2D eigenvalue weighted by molar-refractivity contribution is 5.94. The number of benzene rings is 1. The van der Waals surface area contributed by atoms with Gasteiger partial charge in [0.25, 0.3) is 11.5 Å². The molecule has 28 heavy (non-hydrogen) atoms. The number of halogens is 3. The number of alkyl halides is 3. The van der Waals surface area contributed by atoms with Crippen LogP contribution >= 0.6 is 0 Å². The number of hydrogen-bond acceptors (Lipinski definition) is 3. The molecule has 144 valence electrons. The van der Waals surface area contributed by atoms with Crippen LogP contribution in [0.4, 0.5) is 13.2 Å². The van der Waals surface area contributed by atoms with E-state index >= 15 is 0 Å². The van der Waals surface area contributed by atoms with Crippen molar-refractivity contribution in [1.82, 2.24) is 14.3 Å². The Labute approximate surface area is 158 Å². The molecule has 0 spiro atoms. The number of amides is 1. The molecule has 1 saturated carbocycles. The highest BCUT2D eigenvalue weighted by Crippen LogP contribution is 2.31. The third-order valence-corrected chi connectivity index (χ3v) is 4.73. The minimum atomic E-state index is -4.41. The summed E-state index contributed by atoms with van der Waals surface area (Å²) in [5, 5.41) is 0. The fourth-order valence-electron chi connectivity index (χ4n) is 3.08. The molecule has 3 aromatic rings. The number of carbonyl (C=O) groups is 1. The van der Waals surface area contributed by atoms with Gasteiger partial charge in [0.1, 0.15) is 11.2 Å². The largest absolute Gasteiger partial charge is 0.416 e. The zero-order valence-corrected chi connectivity index (χ0v) is 14.7. The van der Waals surface area contributed by atoms with Crippen molar-refractivity contribution in [2.24, 2.45) is 0 Å². The standard InChI is InChI=1S/C20H16F3N3O2/c21-20(22,23)14-6-4-13(5-7-14)12-26(15-8-9-15)19(28)16-11-24-17-3-1-2-10-25(17)18(16)27/h1-7,10-11,15H,8-9,12H2. The van der Waals surface area contributed by atoms with Crippen LogP contribution in [0.2, 0.25) is 0 Å². The van der Waals surface area contributed by atoms with Gasteiger partial charge in [0.05, 0.1) is 5.56 Å². The Balaban J connectivity index is 1.63. The van der Waals surface area contributed by atoms with E-state index in [-0.39, 0.29) is 18.2 Å². The summed E-state index contributed by atoms with van der Waals surface area (Å²) in [4.78, 5) is 31.4. The van der Waals surface area contributed by atoms with Crippen LogP contribution in [0, 0.1) is 0 Å². The lowest BCUT2D eigenvalue weighted by molar-refractivity contribution is -0.137. The van der Waals surface area contributed by atoms with Gasteiger partial charge in [-0.1, -0.05) is 18.2 Å². The average molecular weight is 387 g/mol. The molecule has 1 aliphatic carbocycles. The van der Waals surface area contributed by atoms with Gasteiger partial charge in [0.15, 0.2) is 0 Å². The summed E-state index contributed by atoms with van der Waals surface area (Å²) in [5.41, 5.74) is -0.249.